The van der Waals surface area contributed by atoms with Crippen molar-refractivity contribution in [3.8, 4) is 11.6 Å². The lowest BCUT2D eigenvalue weighted by atomic mass is 9.78. The summed E-state index contributed by atoms with van der Waals surface area (Å²) in [5.41, 5.74) is 8.31. The smallest absolute Gasteiger partial charge is 0.411 e. The van der Waals surface area contributed by atoms with Crippen LogP contribution >= 0.6 is 11.6 Å². The zero-order valence-electron chi connectivity index (χ0n) is 21.7. The summed E-state index contributed by atoms with van der Waals surface area (Å²) in [5, 5.41) is 5.31. The molecule has 9 heteroatoms. The lowest BCUT2D eigenvalue weighted by Crippen LogP contribution is -2.40. The molecule has 2 heterocycles. The fourth-order valence-corrected chi connectivity index (χ4v) is 5.53. The Hall–Kier alpha value is -2.29. The number of aromatic nitrogens is 2. The zero-order valence-corrected chi connectivity index (χ0v) is 22.4. The Kier molecular flexibility index (Phi) is 9.14. The number of benzene rings is 1. The highest BCUT2D eigenvalue weighted by Gasteiger charge is 2.31. The summed E-state index contributed by atoms with van der Waals surface area (Å²) in [7, 11) is 0. The van der Waals surface area contributed by atoms with Crippen LogP contribution in [-0.2, 0) is 11.3 Å². The van der Waals surface area contributed by atoms with E-state index in [0.717, 1.165) is 81.1 Å². The molecule has 1 aromatic heterocycles. The summed E-state index contributed by atoms with van der Waals surface area (Å²) in [6, 6.07) is 5.64. The molecule has 1 aliphatic heterocycles. The molecule has 1 saturated carbocycles. The fraction of sp³-hybridized carbons (Fsp3) is 0.630. The van der Waals surface area contributed by atoms with E-state index >= 15 is 0 Å². The van der Waals surface area contributed by atoms with E-state index in [4.69, 9.17) is 31.5 Å². The molecule has 0 atom stereocenters. The number of amides is 1. The van der Waals surface area contributed by atoms with Crippen LogP contribution in [0.25, 0.3) is 0 Å². The Morgan fingerprint density at radius 1 is 1.22 bits per heavy atom. The summed E-state index contributed by atoms with van der Waals surface area (Å²) < 4.78 is 18.8. The number of primary amides is 1. The highest BCUT2D eigenvalue weighted by molar-refractivity contribution is 6.30. The maximum Gasteiger partial charge on any atom is 0.411 e. The number of morpholine rings is 1. The fourth-order valence-electron chi connectivity index (χ4n) is 5.34. The van der Waals surface area contributed by atoms with E-state index in [0.29, 0.717) is 35.9 Å². The second-order valence-corrected chi connectivity index (χ2v) is 10.9. The van der Waals surface area contributed by atoms with Gasteiger partial charge >= 0.3 is 6.09 Å². The molecule has 0 spiro atoms. The number of hydrogen-bond acceptors (Lipinski definition) is 6. The third-order valence-electron chi connectivity index (χ3n) is 7.21. The van der Waals surface area contributed by atoms with E-state index in [1.165, 1.54) is 0 Å². The summed E-state index contributed by atoms with van der Waals surface area (Å²) in [5.74, 6) is 2.47. The van der Waals surface area contributed by atoms with Gasteiger partial charge in [0, 0.05) is 41.5 Å². The number of nitrogens with zero attached hydrogens (tertiary/aromatic N) is 3. The van der Waals surface area contributed by atoms with Gasteiger partial charge in [0.1, 0.15) is 5.75 Å². The van der Waals surface area contributed by atoms with Crippen molar-refractivity contribution in [1.82, 2.24) is 14.7 Å². The molecule has 0 unspecified atom stereocenters. The average Bonchev–Trinajstić information content (AvgIpc) is 3.13. The average molecular weight is 519 g/mol. The van der Waals surface area contributed by atoms with Crippen molar-refractivity contribution < 1.29 is 19.0 Å². The molecule has 0 radical (unpaired) electrons. The second kappa shape index (κ2) is 12.3. The standard InChI is InChI=1S/C27H39ClN4O4/c1-18(2)17-35-24-9-8-23(28)14-22(24)16-32-19(3)25(26(30-32)36-27(29)33)21-6-4-20(5-7-21)15-31-10-12-34-13-11-31/h8-9,14,18,20-21H,4-7,10-13,15-17H2,1-3H3,(H2,29,33). The molecule has 2 aliphatic rings. The molecule has 8 nitrogen and oxygen atoms in total. The Morgan fingerprint density at radius 3 is 2.61 bits per heavy atom. The summed E-state index contributed by atoms with van der Waals surface area (Å²) >= 11 is 6.31. The number of ether oxygens (including phenoxy) is 3. The maximum atomic E-state index is 11.7. The lowest BCUT2D eigenvalue weighted by Gasteiger charge is -2.34. The van der Waals surface area contributed by atoms with E-state index < -0.39 is 6.09 Å². The minimum absolute atomic E-state index is 0.282. The predicted octanol–water partition coefficient (Wildman–Crippen LogP) is 4.99. The van der Waals surface area contributed by atoms with Crippen molar-refractivity contribution in [2.75, 3.05) is 39.5 Å². The van der Waals surface area contributed by atoms with E-state index in [9.17, 15) is 4.79 Å². The van der Waals surface area contributed by atoms with Gasteiger partial charge in [-0.1, -0.05) is 25.4 Å². The molecule has 2 aromatic rings. The minimum atomic E-state index is -0.842. The van der Waals surface area contributed by atoms with Crippen molar-refractivity contribution in [3.05, 3.63) is 40.0 Å². The molecule has 2 N–H and O–H groups in total. The zero-order chi connectivity index (χ0) is 25.7. The lowest BCUT2D eigenvalue weighted by molar-refractivity contribution is 0.0273. The van der Waals surface area contributed by atoms with Crippen molar-refractivity contribution >= 4 is 17.7 Å². The van der Waals surface area contributed by atoms with Crippen molar-refractivity contribution in [2.24, 2.45) is 17.6 Å². The molecule has 198 valence electrons. The van der Waals surface area contributed by atoms with Crippen LogP contribution in [0.1, 0.15) is 62.3 Å². The van der Waals surface area contributed by atoms with E-state index in [2.05, 4.69) is 23.8 Å². The van der Waals surface area contributed by atoms with Crippen LogP contribution in [0.15, 0.2) is 18.2 Å². The van der Waals surface area contributed by atoms with E-state index in [1.807, 2.05) is 29.8 Å². The molecular weight excluding hydrogens is 480 g/mol. The molecule has 1 saturated heterocycles. The van der Waals surface area contributed by atoms with Gasteiger partial charge in [0.25, 0.3) is 0 Å². The topological polar surface area (TPSA) is 91.8 Å². The third kappa shape index (κ3) is 6.93. The molecule has 1 aromatic carbocycles. The Balaban J connectivity index is 1.51. The van der Waals surface area contributed by atoms with Crippen LogP contribution < -0.4 is 15.2 Å². The number of nitrogens with two attached hydrogens (primary N) is 1. The molecule has 4 rings (SSSR count). The number of rotatable bonds is 9. The first-order valence-electron chi connectivity index (χ1n) is 13.1. The number of halogens is 1. The van der Waals surface area contributed by atoms with Crippen LogP contribution in [0.5, 0.6) is 11.6 Å². The second-order valence-electron chi connectivity index (χ2n) is 10.5. The van der Waals surface area contributed by atoms with Gasteiger partial charge in [-0.15, -0.1) is 5.10 Å². The summed E-state index contributed by atoms with van der Waals surface area (Å²) in [4.78, 5) is 14.2. The van der Waals surface area contributed by atoms with Crippen LogP contribution in [0.4, 0.5) is 4.79 Å². The third-order valence-corrected chi connectivity index (χ3v) is 7.44. The number of carbonyl (C=O) groups is 1. The quantitative estimate of drug-likeness (QED) is 0.502. The molecular formula is C27H39ClN4O4. The molecule has 1 aliphatic carbocycles. The van der Waals surface area contributed by atoms with Gasteiger partial charge in [-0.25, -0.2) is 4.79 Å². The summed E-state index contributed by atoms with van der Waals surface area (Å²) in [6.07, 6.45) is 3.52. The van der Waals surface area contributed by atoms with Gasteiger partial charge in [-0.3, -0.25) is 9.58 Å². The molecule has 1 amide bonds. The van der Waals surface area contributed by atoms with Gasteiger partial charge in [0.2, 0.25) is 5.88 Å². The number of hydrogen-bond donors (Lipinski definition) is 1. The largest absolute Gasteiger partial charge is 0.493 e. The van der Waals surface area contributed by atoms with Crippen LogP contribution in [0.2, 0.25) is 5.02 Å². The van der Waals surface area contributed by atoms with Crippen molar-refractivity contribution in [1.29, 1.82) is 0 Å². The van der Waals surface area contributed by atoms with E-state index in [1.54, 1.807) is 0 Å². The van der Waals surface area contributed by atoms with Crippen molar-refractivity contribution in [3.63, 3.8) is 0 Å². The first kappa shape index (κ1) is 26.8. The maximum absolute atomic E-state index is 11.7. The van der Waals surface area contributed by atoms with E-state index in [-0.39, 0.29) is 5.92 Å². The van der Waals surface area contributed by atoms with Crippen LogP contribution in [0, 0.1) is 18.8 Å². The SMILES string of the molecule is Cc1c(C2CCC(CN3CCOCC3)CC2)c(OC(N)=O)nn1Cc1cc(Cl)ccc1OCC(C)C. The number of carbonyl (C=O) groups excluding carboxylic acids is 1. The minimum Gasteiger partial charge on any atom is -0.493 e. The molecule has 2 fully saturated rings. The van der Waals surface area contributed by atoms with Gasteiger partial charge in [0.15, 0.2) is 0 Å². The van der Waals surface area contributed by atoms with Gasteiger partial charge < -0.3 is 19.9 Å². The van der Waals surface area contributed by atoms with Gasteiger partial charge in [0.05, 0.1) is 26.4 Å². The first-order valence-corrected chi connectivity index (χ1v) is 13.4. The highest BCUT2D eigenvalue weighted by atomic mass is 35.5. The van der Waals surface area contributed by atoms with Crippen LogP contribution in [-0.4, -0.2) is 60.2 Å². The molecule has 36 heavy (non-hydrogen) atoms. The first-order chi connectivity index (χ1) is 17.3. The Morgan fingerprint density at radius 2 is 1.94 bits per heavy atom. The normalized spacial score (nSPS) is 21.0. The monoisotopic (exact) mass is 518 g/mol. The Labute approximate surface area is 219 Å². The van der Waals surface area contributed by atoms with Crippen molar-refractivity contribution in [2.45, 2.75) is 58.9 Å². The molecule has 0 bridgehead atoms. The predicted molar refractivity (Wildman–Crippen MR) is 140 cm³/mol. The van der Waals surface area contributed by atoms with Gasteiger partial charge in [-0.2, -0.15) is 0 Å². The Bertz CT molecular complexity index is 1030. The highest BCUT2D eigenvalue weighted by Crippen LogP contribution is 2.41. The van der Waals surface area contributed by atoms with Gasteiger partial charge in [-0.05, 0) is 68.6 Å². The summed E-state index contributed by atoms with van der Waals surface area (Å²) in [6.45, 7) is 12.2. The van der Waals surface area contributed by atoms with Crippen LogP contribution in [0.3, 0.4) is 0 Å².